The van der Waals surface area contributed by atoms with E-state index in [4.69, 9.17) is 0 Å². The number of piperidine rings is 1. The Morgan fingerprint density at radius 1 is 1.02 bits per heavy atom. The summed E-state index contributed by atoms with van der Waals surface area (Å²) in [6, 6.07) is -2.02. The highest BCUT2D eigenvalue weighted by Crippen LogP contribution is 2.38. The van der Waals surface area contributed by atoms with Crippen LogP contribution in [0.4, 0.5) is 45.3 Å². The smallest absolute Gasteiger partial charge is 0.390 e. The Hall–Kier alpha value is -3.86. The first kappa shape index (κ1) is 30.1. The Kier molecular flexibility index (Phi) is 7.72. The minimum absolute atomic E-state index is 0.0474. The molecular formula is C24H19F9N4O4. The number of carbonyl (C=O) groups is 1. The zero-order valence-electron chi connectivity index (χ0n) is 20.6. The lowest BCUT2D eigenvalue weighted by molar-refractivity contribution is -0.290. The summed E-state index contributed by atoms with van der Waals surface area (Å²) in [5, 5.41) is 20.2. The van der Waals surface area contributed by atoms with Gasteiger partial charge in [-0.05, 0) is 19.4 Å². The monoisotopic (exact) mass is 598 g/mol. The number of hydrogen-bond acceptors (Lipinski definition) is 6. The lowest BCUT2D eigenvalue weighted by Gasteiger charge is -2.34. The predicted molar refractivity (Wildman–Crippen MR) is 124 cm³/mol. The Morgan fingerprint density at radius 3 is 2.20 bits per heavy atom. The molecule has 0 bridgehead atoms. The van der Waals surface area contributed by atoms with Crippen molar-refractivity contribution < 1.29 is 54.5 Å². The van der Waals surface area contributed by atoms with Crippen molar-refractivity contribution in [1.82, 2.24) is 14.9 Å². The number of anilines is 1. The van der Waals surface area contributed by atoms with Crippen LogP contribution in [0.2, 0.25) is 0 Å². The molecule has 0 spiro atoms. The molecule has 1 aromatic carbocycles. The van der Waals surface area contributed by atoms with Gasteiger partial charge in [0.15, 0.2) is 28.9 Å². The first-order chi connectivity index (χ1) is 18.9. The Bertz CT molecular complexity index is 1550. The summed E-state index contributed by atoms with van der Waals surface area (Å²) in [5.41, 5.74) is -4.55. The number of aromatic nitrogens is 2. The highest BCUT2D eigenvalue weighted by molar-refractivity contribution is 5.97. The second kappa shape index (κ2) is 10.5. The molecule has 0 radical (unpaired) electrons. The molecule has 4 rings (SSSR count). The lowest BCUT2D eigenvalue weighted by Crippen LogP contribution is -2.54. The van der Waals surface area contributed by atoms with Gasteiger partial charge >= 0.3 is 12.1 Å². The number of carbonyl (C=O) groups excluding carboxylic acids is 1. The summed E-state index contributed by atoms with van der Waals surface area (Å²) in [6.45, 7) is -0.128. The molecule has 2 aromatic heterocycles. The molecule has 1 amide bonds. The maximum atomic E-state index is 15.2. The summed E-state index contributed by atoms with van der Waals surface area (Å²) in [5.74, 6) is -13.7. The van der Waals surface area contributed by atoms with Crippen molar-refractivity contribution >= 4 is 22.8 Å². The average Bonchev–Trinajstić information content (AvgIpc) is 2.85. The fraction of sp³-hybridized carbons (Fsp3) is 0.375. The molecule has 3 heterocycles. The molecule has 17 heteroatoms. The Morgan fingerprint density at radius 2 is 1.63 bits per heavy atom. The molecule has 222 valence electrons. The van der Waals surface area contributed by atoms with E-state index in [0.717, 1.165) is 4.90 Å². The number of nitrogens with zero attached hydrogens (tertiary/aromatic N) is 3. The van der Waals surface area contributed by atoms with E-state index in [2.05, 4.69) is 4.98 Å². The van der Waals surface area contributed by atoms with E-state index in [9.17, 15) is 54.9 Å². The number of nitrogens with one attached hydrogen (secondary N) is 1. The van der Waals surface area contributed by atoms with Crippen LogP contribution >= 0.6 is 0 Å². The molecule has 3 aromatic rings. The van der Waals surface area contributed by atoms with Crippen molar-refractivity contribution in [2.45, 2.75) is 43.7 Å². The third-order valence-electron chi connectivity index (χ3n) is 6.50. The Balaban J connectivity index is 1.94. The molecule has 41 heavy (non-hydrogen) atoms. The molecule has 1 aliphatic heterocycles. The molecular weight excluding hydrogens is 579 g/mol. The normalized spacial score (nSPS) is 19.0. The van der Waals surface area contributed by atoms with Crippen LogP contribution in [0.5, 0.6) is 0 Å². The quantitative estimate of drug-likeness (QED) is 0.390. The van der Waals surface area contributed by atoms with Gasteiger partial charge in [0.05, 0.1) is 23.6 Å². The molecule has 0 saturated carbocycles. The number of fused-ring (bicyclic) bond motifs is 1. The number of β-amino-alcohol motifs (C(OH)–C–C–N with tert-alkyl or cyclic N) is 1. The fourth-order valence-corrected chi connectivity index (χ4v) is 4.26. The summed E-state index contributed by atoms with van der Waals surface area (Å²) in [6.07, 6.45) is -8.26. The van der Waals surface area contributed by atoms with E-state index in [-0.39, 0.29) is 31.6 Å². The number of benzene rings is 1. The van der Waals surface area contributed by atoms with Crippen LogP contribution in [0.3, 0.4) is 0 Å². The second-order valence-electron chi connectivity index (χ2n) is 9.31. The van der Waals surface area contributed by atoms with E-state index in [1.54, 1.807) is 0 Å². The number of halogens is 9. The van der Waals surface area contributed by atoms with Gasteiger partial charge in [-0.15, -0.1) is 0 Å². The van der Waals surface area contributed by atoms with Crippen LogP contribution < -0.4 is 15.6 Å². The van der Waals surface area contributed by atoms with Gasteiger partial charge in [-0.2, -0.15) is 22.0 Å². The van der Waals surface area contributed by atoms with Gasteiger partial charge in [-0.1, -0.05) is 0 Å². The fourth-order valence-electron chi connectivity index (χ4n) is 4.26. The largest absolute Gasteiger partial charge is 0.455 e. The molecule has 3 atom stereocenters. The molecule has 1 aliphatic rings. The number of aliphatic hydroxyl groups is 2. The van der Waals surface area contributed by atoms with Gasteiger partial charge in [0.2, 0.25) is 5.43 Å². The third-order valence-corrected chi connectivity index (χ3v) is 6.50. The molecule has 3 unspecified atom stereocenters. The SMILES string of the molecule is CC(NC(=O)c1cn(-c2c(F)cc(F)cc2F)c2nc(N3CCC(O)C(O)C3)c(F)cc2c1=O)C(F)(F)C(F)(F)F. The van der Waals surface area contributed by atoms with E-state index >= 15 is 4.39 Å². The number of rotatable bonds is 5. The summed E-state index contributed by atoms with van der Waals surface area (Å²) >= 11 is 0. The third kappa shape index (κ3) is 5.42. The van der Waals surface area contributed by atoms with Crippen LogP contribution in [0.25, 0.3) is 16.7 Å². The van der Waals surface area contributed by atoms with Crippen LogP contribution in [0.1, 0.15) is 23.7 Å². The number of alkyl halides is 5. The van der Waals surface area contributed by atoms with E-state index in [0.29, 0.717) is 23.8 Å². The van der Waals surface area contributed by atoms with Crippen molar-refractivity contribution in [3.05, 3.63) is 63.5 Å². The molecule has 1 saturated heterocycles. The zero-order chi connectivity index (χ0) is 30.6. The van der Waals surface area contributed by atoms with Gasteiger partial charge in [0.1, 0.15) is 17.1 Å². The highest BCUT2D eigenvalue weighted by Gasteiger charge is 2.61. The summed E-state index contributed by atoms with van der Waals surface area (Å²) in [7, 11) is 0. The molecule has 0 aliphatic carbocycles. The summed E-state index contributed by atoms with van der Waals surface area (Å²) < 4.78 is 124. The molecule has 3 N–H and O–H groups in total. The number of hydrogen-bond donors (Lipinski definition) is 3. The topological polar surface area (TPSA) is 108 Å². The van der Waals surface area contributed by atoms with Crippen molar-refractivity contribution in [2.75, 3.05) is 18.0 Å². The highest BCUT2D eigenvalue weighted by atomic mass is 19.4. The van der Waals surface area contributed by atoms with Gasteiger partial charge in [-0.25, -0.2) is 22.5 Å². The molecule has 1 fully saturated rings. The predicted octanol–water partition coefficient (Wildman–Crippen LogP) is 3.19. The minimum atomic E-state index is -6.09. The first-order valence-corrected chi connectivity index (χ1v) is 11.7. The van der Waals surface area contributed by atoms with Crippen LogP contribution in [-0.2, 0) is 0 Å². The van der Waals surface area contributed by atoms with Crippen LogP contribution in [0, 0.1) is 23.3 Å². The maximum Gasteiger partial charge on any atom is 0.455 e. The number of pyridine rings is 2. The van der Waals surface area contributed by atoms with Crippen molar-refractivity contribution in [1.29, 1.82) is 0 Å². The van der Waals surface area contributed by atoms with Crippen LogP contribution in [0.15, 0.2) is 29.2 Å². The number of aliphatic hydroxyl groups excluding tert-OH is 2. The van der Waals surface area contributed by atoms with Gasteiger partial charge in [0, 0.05) is 31.4 Å². The van der Waals surface area contributed by atoms with Gasteiger partial charge in [0.25, 0.3) is 5.91 Å². The average molecular weight is 598 g/mol. The Labute approximate surface area is 223 Å². The van der Waals surface area contributed by atoms with Gasteiger partial charge in [-0.3, -0.25) is 14.2 Å². The molecule has 8 nitrogen and oxygen atoms in total. The zero-order valence-corrected chi connectivity index (χ0v) is 20.6. The lowest BCUT2D eigenvalue weighted by atomic mass is 10.0. The second-order valence-corrected chi connectivity index (χ2v) is 9.31. The van der Waals surface area contributed by atoms with Crippen molar-refractivity contribution in [3.8, 4) is 5.69 Å². The minimum Gasteiger partial charge on any atom is -0.390 e. The van der Waals surface area contributed by atoms with Gasteiger partial charge < -0.3 is 20.4 Å². The van der Waals surface area contributed by atoms with Crippen molar-refractivity contribution in [3.63, 3.8) is 0 Å². The number of amides is 1. The van der Waals surface area contributed by atoms with E-state index in [1.807, 2.05) is 0 Å². The van der Waals surface area contributed by atoms with Crippen LogP contribution in [-0.4, -0.2) is 69.1 Å². The first-order valence-electron chi connectivity index (χ1n) is 11.7. The summed E-state index contributed by atoms with van der Waals surface area (Å²) in [4.78, 5) is 30.9. The maximum absolute atomic E-state index is 15.2. The van der Waals surface area contributed by atoms with E-state index < -0.39 is 93.1 Å². The van der Waals surface area contributed by atoms with E-state index in [1.165, 1.54) is 5.32 Å². The van der Waals surface area contributed by atoms with Crippen molar-refractivity contribution in [2.24, 2.45) is 0 Å². The standard InChI is InChI=1S/C24H19F9N4O4/c1-9(23(29,30)24(31,32)33)34-22(41)12-7-37(18-13(26)4-10(25)5-14(18)27)20-11(19(12)40)6-15(28)21(35-20)36-3-2-16(38)17(39)8-36/h4-7,9,16-17,38-39H,2-3,8H2,1H3,(H,34,41).